The zero-order valence-electron chi connectivity index (χ0n) is 14.9. The summed E-state index contributed by atoms with van der Waals surface area (Å²) in [5, 5.41) is 10.1. The third kappa shape index (κ3) is 3.27. The average molecular weight is 376 g/mol. The molecule has 9 heteroatoms. The minimum Gasteiger partial charge on any atom is -0.381 e. The van der Waals surface area contributed by atoms with Crippen LogP contribution in [0, 0.1) is 11.8 Å². The van der Waals surface area contributed by atoms with Gasteiger partial charge in [0, 0.05) is 24.4 Å². The molecule has 3 atom stereocenters. The Hall–Kier alpha value is -2.16. The summed E-state index contributed by atoms with van der Waals surface area (Å²) in [4.78, 5) is 8.31. The second-order valence-corrected chi connectivity index (χ2v) is 9.25. The first-order valence-electron chi connectivity index (χ1n) is 9.08. The van der Waals surface area contributed by atoms with Gasteiger partial charge < -0.3 is 5.32 Å². The number of rotatable bonds is 6. The van der Waals surface area contributed by atoms with Crippen LogP contribution in [0.4, 0.5) is 11.6 Å². The van der Waals surface area contributed by atoms with Crippen molar-refractivity contribution in [2.45, 2.75) is 56.4 Å². The van der Waals surface area contributed by atoms with Gasteiger partial charge in [-0.1, -0.05) is 20.3 Å². The lowest BCUT2D eigenvalue weighted by molar-refractivity contribution is 0.439. The van der Waals surface area contributed by atoms with Crippen LogP contribution in [-0.2, 0) is 10.0 Å². The molecular formula is C17H24N6O2S. The Morgan fingerprint density at radius 1 is 1.27 bits per heavy atom. The fourth-order valence-electron chi connectivity index (χ4n) is 4.09. The zero-order chi connectivity index (χ0) is 18.3. The third-order valence-electron chi connectivity index (χ3n) is 5.43. The van der Waals surface area contributed by atoms with Gasteiger partial charge in [-0.2, -0.15) is 4.98 Å². The van der Waals surface area contributed by atoms with E-state index in [9.17, 15) is 8.42 Å². The number of hydrogen-bond donors (Lipinski definition) is 3. The van der Waals surface area contributed by atoms with Gasteiger partial charge in [0.2, 0.25) is 0 Å². The maximum absolute atomic E-state index is 12.9. The molecule has 0 radical (unpaired) electrons. The Morgan fingerprint density at radius 2 is 2.12 bits per heavy atom. The largest absolute Gasteiger partial charge is 0.381 e. The molecule has 0 spiro atoms. The van der Waals surface area contributed by atoms with Crippen molar-refractivity contribution in [1.82, 2.24) is 20.2 Å². The summed E-state index contributed by atoms with van der Waals surface area (Å²) < 4.78 is 28.1. The maximum atomic E-state index is 12.9. The van der Waals surface area contributed by atoms with Crippen molar-refractivity contribution in [1.29, 1.82) is 0 Å². The van der Waals surface area contributed by atoms with Crippen molar-refractivity contribution < 1.29 is 8.42 Å². The van der Waals surface area contributed by atoms with Crippen LogP contribution in [0.5, 0.6) is 0 Å². The molecule has 140 valence electrons. The lowest BCUT2D eigenvalue weighted by Crippen LogP contribution is -2.27. The van der Waals surface area contributed by atoms with Crippen LogP contribution in [0.15, 0.2) is 23.4 Å². The van der Waals surface area contributed by atoms with Crippen LogP contribution in [0.2, 0.25) is 0 Å². The molecule has 4 rings (SSSR count). The van der Waals surface area contributed by atoms with Crippen LogP contribution in [-0.4, -0.2) is 34.6 Å². The first-order chi connectivity index (χ1) is 12.4. The van der Waals surface area contributed by atoms with Gasteiger partial charge in [0.05, 0.1) is 5.69 Å². The SMILES string of the molecule is CC(C)c1nc(NS(=O)(=O)c2cnccc2N[C@@H]2C[C@H]3CC[C@@H]2C3)n[nH]1. The number of aromatic nitrogens is 4. The normalized spacial score (nSPS) is 25.0. The molecule has 3 N–H and O–H groups in total. The lowest BCUT2D eigenvalue weighted by Gasteiger charge is -2.25. The van der Waals surface area contributed by atoms with E-state index >= 15 is 0 Å². The highest BCUT2D eigenvalue weighted by atomic mass is 32.2. The van der Waals surface area contributed by atoms with Gasteiger partial charge in [-0.3, -0.25) is 10.1 Å². The minimum absolute atomic E-state index is 0.0448. The van der Waals surface area contributed by atoms with Gasteiger partial charge in [0.1, 0.15) is 10.7 Å². The molecule has 0 unspecified atom stereocenters. The highest BCUT2D eigenvalue weighted by Crippen LogP contribution is 2.45. The van der Waals surface area contributed by atoms with Crippen molar-refractivity contribution in [3.8, 4) is 0 Å². The fourth-order valence-corrected chi connectivity index (χ4v) is 5.15. The summed E-state index contributed by atoms with van der Waals surface area (Å²) in [5.74, 6) is 2.23. The number of pyridine rings is 1. The molecule has 2 saturated carbocycles. The molecule has 0 aliphatic heterocycles. The van der Waals surface area contributed by atoms with Gasteiger partial charge in [0.25, 0.3) is 16.0 Å². The molecule has 26 heavy (non-hydrogen) atoms. The van der Waals surface area contributed by atoms with E-state index in [0.717, 1.165) is 12.3 Å². The Labute approximate surface area is 153 Å². The topological polar surface area (TPSA) is 113 Å². The van der Waals surface area contributed by atoms with Gasteiger partial charge >= 0.3 is 0 Å². The zero-order valence-corrected chi connectivity index (χ0v) is 15.8. The Kier molecular flexibility index (Phi) is 4.34. The predicted molar refractivity (Wildman–Crippen MR) is 98.4 cm³/mol. The quantitative estimate of drug-likeness (QED) is 0.714. The van der Waals surface area contributed by atoms with Crippen LogP contribution < -0.4 is 10.0 Å². The van der Waals surface area contributed by atoms with E-state index in [4.69, 9.17) is 0 Å². The van der Waals surface area contributed by atoms with E-state index in [1.807, 2.05) is 13.8 Å². The van der Waals surface area contributed by atoms with E-state index in [-0.39, 0.29) is 16.8 Å². The number of anilines is 2. The van der Waals surface area contributed by atoms with E-state index in [2.05, 4.69) is 30.2 Å². The number of sulfonamides is 1. The molecule has 0 amide bonds. The summed E-state index contributed by atoms with van der Waals surface area (Å²) in [6, 6.07) is 2.05. The van der Waals surface area contributed by atoms with E-state index in [0.29, 0.717) is 23.5 Å². The molecule has 0 aromatic carbocycles. The molecule has 2 heterocycles. The highest BCUT2D eigenvalue weighted by Gasteiger charge is 2.40. The van der Waals surface area contributed by atoms with Crippen LogP contribution >= 0.6 is 0 Å². The molecule has 2 aromatic heterocycles. The second-order valence-electron chi connectivity index (χ2n) is 7.60. The minimum atomic E-state index is -3.83. The number of fused-ring (bicyclic) bond motifs is 2. The second kappa shape index (κ2) is 6.53. The Morgan fingerprint density at radius 3 is 2.77 bits per heavy atom. The maximum Gasteiger partial charge on any atom is 0.267 e. The molecule has 2 aliphatic carbocycles. The van der Waals surface area contributed by atoms with Gasteiger partial charge in [-0.15, -0.1) is 5.10 Å². The molecule has 0 saturated heterocycles. The summed E-state index contributed by atoms with van der Waals surface area (Å²) in [6.07, 6.45) is 7.86. The summed E-state index contributed by atoms with van der Waals surface area (Å²) in [7, 11) is -3.83. The van der Waals surface area contributed by atoms with E-state index in [1.165, 1.54) is 25.5 Å². The van der Waals surface area contributed by atoms with Gasteiger partial charge in [-0.25, -0.2) is 13.1 Å². The molecule has 2 aliphatic rings. The number of aromatic amines is 1. The van der Waals surface area contributed by atoms with E-state index < -0.39 is 10.0 Å². The summed E-state index contributed by atoms with van der Waals surface area (Å²) >= 11 is 0. The van der Waals surface area contributed by atoms with Crippen molar-refractivity contribution in [2.24, 2.45) is 11.8 Å². The number of hydrogen-bond acceptors (Lipinski definition) is 6. The van der Waals surface area contributed by atoms with Crippen LogP contribution in [0.25, 0.3) is 0 Å². The van der Waals surface area contributed by atoms with Crippen molar-refractivity contribution in [3.63, 3.8) is 0 Å². The first-order valence-corrected chi connectivity index (χ1v) is 10.6. The standard InChI is InChI=1S/C17H24N6O2S/c1-10(2)16-20-17(22-21-16)23-26(24,25)15-9-18-6-5-13(15)19-14-8-11-3-4-12(14)7-11/h5-6,9-12,14H,3-4,7-8H2,1-2H3,(H,18,19)(H2,20,21,22,23)/t11-,12+,14+/m0/s1. The Bertz CT molecular complexity index is 894. The first kappa shape index (κ1) is 17.3. The molecule has 2 bridgehead atoms. The van der Waals surface area contributed by atoms with E-state index in [1.54, 1.807) is 12.3 Å². The number of nitrogens with zero attached hydrogens (tertiary/aromatic N) is 3. The summed E-state index contributed by atoms with van der Waals surface area (Å²) in [5.41, 5.74) is 0.588. The number of nitrogens with one attached hydrogen (secondary N) is 3. The lowest BCUT2D eigenvalue weighted by atomic mass is 9.95. The van der Waals surface area contributed by atoms with Crippen LogP contribution in [0.1, 0.15) is 51.3 Å². The monoisotopic (exact) mass is 376 g/mol. The number of H-pyrrole nitrogens is 1. The summed E-state index contributed by atoms with van der Waals surface area (Å²) in [6.45, 7) is 3.91. The predicted octanol–water partition coefficient (Wildman–Crippen LogP) is 2.72. The van der Waals surface area contributed by atoms with Crippen molar-refractivity contribution in [2.75, 3.05) is 10.0 Å². The molecule has 2 aromatic rings. The van der Waals surface area contributed by atoms with Crippen molar-refractivity contribution >= 4 is 21.7 Å². The van der Waals surface area contributed by atoms with Gasteiger partial charge in [0.15, 0.2) is 0 Å². The molecule has 2 fully saturated rings. The third-order valence-corrected chi connectivity index (χ3v) is 6.78. The Balaban J connectivity index is 1.56. The molecule has 8 nitrogen and oxygen atoms in total. The highest BCUT2D eigenvalue weighted by molar-refractivity contribution is 7.92. The molecular weight excluding hydrogens is 352 g/mol. The smallest absolute Gasteiger partial charge is 0.267 e. The van der Waals surface area contributed by atoms with Crippen molar-refractivity contribution in [3.05, 3.63) is 24.3 Å². The van der Waals surface area contributed by atoms with Gasteiger partial charge in [-0.05, 0) is 37.2 Å². The van der Waals surface area contributed by atoms with Crippen LogP contribution in [0.3, 0.4) is 0 Å². The fraction of sp³-hybridized carbons (Fsp3) is 0.588. The average Bonchev–Trinajstić information content (AvgIpc) is 3.31.